The lowest BCUT2D eigenvalue weighted by molar-refractivity contribution is 0.111. The molecule has 3 aromatic rings. The average Bonchev–Trinajstić information content (AvgIpc) is 3.19. The van der Waals surface area contributed by atoms with Crippen molar-refractivity contribution in [3.8, 4) is 17.3 Å². The molecule has 4 rings (SSSR count). The number of benzene rings is 1. The Morgan fingerprint density at radius 1 is 1.27 bits per heavy atom. The Hall–Kier alpha value is -2.80. The molecule has 1 aliphatic rings. The van der Waals surface area contributed by atoms with Crippen molar-refractivity contribution in [2.75, 3.05) is 13.7 Å². The minimum absolute atomic E-state index is 0.118. The van der Waals surface area contributed by atoms with Crippen LogP contribution in [0.3, 0.4) is 0 Å². The van der Waals surface area contributed by atoms with Crippen LogP contribution in [-0.4, -0.2) is 38.7 Å². The van der Waals surface area contributed by atoms with Crippen LogP contribution in [0, 0.1) is 0 Å². The standard InChI is InChI=1S/C19H21N5O2/c1-25-15-6-4-5-14(11-15)13-24-10-3-2-7-17(24)19-22-18(23-26-19)16-12-20-8-9-21-16/h4-6,8-9,11-12,17H,2-3,7,10,13H2,1H3/t17-/m0/s1. The van der Waals surface area contributed by atoms with E-state index in [0.717, 1.165) is 31.7 Å². The van der Waals surface area contributed by atoms with Gasteiger partial charge >= 0.3 is 0 Å². The molecule has 134 valence electrons. The summed E-state index contributed by atoms with van der Waals surface area (Å²) in [5.41, 5.74) is 1.84. The lowest BCUT2D eigenvalue weighted by Crippen LogP contribution is -2.33. The highest BCUT2D eigenvalue weighted by molar-refractivity contribution is 5.45. The molecule has 0 unspecified atom stereocenters. The fourth-order valence-corrected chi connectivity index (χ4v) is 3.35. The van der Waals surface area contributed by atoms with Crippen molar-refractivity contribution in [3.05, 3.63) is 54.3 Å². The summed E-state index contributed by atoms with van der Waals surface area (Å²) in [5, 5.41) is 4.10. The number of ether oxygens (including phenoxy) is 1. The molecule has 0 amide bonds. The SMILES string of the molecule is COc1cccc(CN2CCCC[C@H]2c2nc(-c3cnccn3)no2)c1. The summed E-state index contributed by atoms with van der Waals surface area (Å²) >= 11 is 0. The fourth-order valence-electron chi connectivity index (χ4n) is 3.35. The molecule has 26 heavy (non-hydrogen) atoms. The summed E-state index contributed by atoms with van der Waals surface area (Å²) in [6.07, 6.45) is 8.23. The summed E-state index contributed by atoms with van der Waals surface area (Å²) in [6.45, 7) is 1.83. The van der Waals surface area contributed by atoms with Crippen molar-refractivity contribution in [2.24, 2.45) is 0 Å². The first-order valence-electron chi connectivity index (χ1n) is 8.80. The van der Waals surface area contributed by atoms with Gasteiger partial charge in [0.15, 0.2) is 0 Å². The van der Waals surface area contributed by atoms with E-state index in [0.29, 0.717) is 17.4 Å². The van der Waals surface area contributed by atoms with Crippen LogP contribution in [0.2, 0.25) is 0 Å². The number of hydrogen-bond acceptors (Lipinski definition) is 7. The highest BCUT2D eigenvalue weighted by Crippen LogP contribution is 2.32. The highest BCUT2D eigenvalue weighted by Gasteiger charge is 2.29. The maximum atomic E-state index is 5.58. The molecule has 7 heteroatoms. The second kappa shape index (κ2) is 7.61. The smallest absolute Gasteiger partial charge is 0.244 e. The van der Waals surface area contributed by atoms with Crippen LogP contribution in [0.4, 0.5) is 0 Å². The van der Waals surface area contributed by atoms with Crippen molar-refractivity contribution < 1.29 is 9.26 Å². The number of nitrogens with zero attached hydrogens (tertiary/aromatic N) is 5. The van der Waals surface area contributed by atoms with E-state index in [9.17, 15) is 0 Å². The van der Waals surface area contributed by atoms with E-state index in [1.54, 1.807) is 25.7 Å². The molecule has 0 spiro atoms. The Morgan fingerprint density at radius 2 is 2.23 bits per heavy atom. The Kier molecular flexibility index (Phi) is 4.88. The summed E-state index contributed by atoms with van der Waals surface area (Å²) in [6, 6.07) is 8.29. The van der Waals surface area contributed by atoms with Crippen molar-refractivity contribution in [1.82, 2.24) is 25.0 Å². The van der Waals surface area contributed by atoms with Crippen molar-refractivity contribution in [1.29, 1.82) is 0 Å². The number of rotatable bonds is 5. The van der Waals surface area contributed by atoms with Gasteiger partial charge in [-0.15, -0.1) is 0 Å². The number of likely N-dealkylation sites (tertiary alicyclic amines) is 1. The normalized spacial score (nSPS) is 18.0. The van der Waals surface area contributed by atoms with Gasteiger partial charge in [-0.25, -0.2) is 4.98 Å². The van der Waals surface area contributed by atoms with Crippen LogP contribution in [-0.2, 0) is 6.54 Å². The van der Waals surface area contributed by atoms with E-state index in [-0.39, 0.29) is 6.04 Å². The van der Waals surface area contributed by atoms with E-state index < -0.39 is 0 Å². The number of piperidine rings is 1. The molecule has 7 nitrogen and oxygen atoms in total. The van der Waals surface area contributed by atoms with E-state index in [2.05, 4.69) is 37.1 Å². The molecule has 0 saturated carbocycles. The lowest BCUT2D eigenvalue weighted by Gasteiger charge is -2.33. The van der Waals surface area contributed by atoms with Crippen LogP contribution in [0.25, 0.3) is 11.5 Å². The van der Waals surface area contributed by atoms with Gasteiger partial charge in [0.05, 0.1) is 19.3 Å². The van der Waals surface area contributed by atoms with E-state index in [1.807, 2.05) is 12.1 Å². The third kappa shape index (κ3) is 3.57. The topological polar surface area (TPSA) is 77.2 Å². The number of methoxy groups -OCH3 is 1. The summed E-state index contributed by atoms with van der Waals surface area (Å²) in [7, 11) is 1.69. The summed E-state index contributed by atoms with van der Waals surface area (Å²) in [4.78, 5) is 15.3. The summed E-state index contributed by atoms with van der Waals surface area (Å²) in [5.74, 6) is 2.01. The van der Waals surface area contributed by atoms with Crippen LogP contribution in [0.5, 0.6) is 5.75 Å². The van der Waals surface area contributed by atoms with Crippen LogP contribution < -0.4 is 4.74 Å². The first-order valence-corrected chi connectivity index (χ1v) is 8.80. The minimum Gasteiger partial charge on any atom is -0.497 e. The zero-order chi connectivity index (χ0) is 17.8. The lowest BCUT2D eigenvalue weighted by atomic mass is 10.0. The monoisotopic (exact) mass is 351 g/mol. The molecular weight excluding hydrogens is 330 g/mol. The van der Waals surface area contributed by atoms with Crippen LogP contribution in [0.15, 0.2) is 47.4 Å². The Labute approximate surface area is 152 Å². The maximum absolute atomic E-state index is 5.58. The molecule has 1 aliphatic heterocycles. The third-order valence-electron chi connectivity index (χ3n) is 4.65. The number of aromatic nitrogens is 4. The minimum atomic E-state index is 0.118. The van der Waals surface area contributed by atoms with Gasteiger partial charge in [-0.05, 0) is 37.1 Å². The Balaban J connectivity index is 1.55. The van der Waals surface area contributed by atoms with Gasteiger partial charge in [-0.2, -0.15) is 4.98 Å². The molecule has 3 heterocycles. The van der Waals surface area contributed by atoms with Gasteiger partial charge in [0.1, 0.15) is 11.4 Å². The first-order chi connectivity index (χ1) is 12.8. The van der Waals surface area contributed by atoms with Gasteiger partial charge in [0.2, 0.25) is 11.7 Å². The zero-order valence-corrected chi connectivity index (χ0v) is 14.7. The van der Waals surface area contributed by atoms with Gasteiger partial charge in [0, 0.05) is 18.9 Å². The van der Waals surface area contributed by atoms with Gasteiger partial charge < -0.3 is 9.26 Å². The first kappa shape index (κ1) is 16.7. The Morgan fingerprint density at radius 3 is 3.08 bits per heavy atom. The molecule has 1 fully saturated rings. The molecular formula is C19H21N5O2. The summed E-state index contributed by atoms with van der Waals surface area (Å²) < 4.78 is 10.9. The highest BCUT2D eigenvalue weighted by atomic mass is 16.5. The van der Waals surface area contributed by atoms with E-state index in [1.165, 1.54) is 12.0 Å². The molecule has 0 N–H and O–H groups in total. The number of hydrogen-bond donors (Lipinski definition) is 0. The molecule has 1 aromatic carbocycles. The molecule has 1 atom stereocenters. The fraction of sp³-hybridized carbons (Fsp3) is 0.368. The second-order valence-electron chi connectivity index (χ2n) is 6.38. The van der Waals surface area contributed by atoms with E-state index in [4.69, 9.17) is 9.26 Å². The van der Waals surface area contributed by atoms with Gasteiger partial charge in [0.25, 0.3) is 0 Å². The maximum Gasteiger partial charge on any atom is 0.244 e. The van der Waals surface area contributed by atoms with Crippen molar-refractivity contribution in [3.63, 3.8) is 0 Å². The third-order valence-corrected chi connectivity index (χ3v) is 4.65. The molecule has 2 aromatic heterocycles. The van der Waals surface area contributed by atoms with Gasteiger partial charge in [-0.3, -0.25) is 9.88 Å². The Bertz CT molecular complexity index is 852. The van der Waals surface area contributed by atoms with Crippen LogP contribution >= 0.6 is 0 Å². The largest absolute Gasteiger partial charge is 0.497 e. The molecule has 1 saturated heterocycles. The quantitative estimate of drug-likeness (QED) is 0.698. The predicted molar refractivity (Wildman–Crippen MR) is 95.3 cm³/mol. The molecule has 0 radical (unpaired) electrons. The predicted octanol–water partition coefficient (Wildman–Crippen LogP) is 3.26. The van der Waals surface area contributed by atoms with E-state index >= 15 is 0 Å². The van der Waals surface area contributed by atoms with Crippen molar-refractivity contribution in [2.45, 2.75) is 31.8 Å². The van der Waals surface area contributed by atoms with Crippen molar-refractivity contribution >= 4 is 0 Å². The molecule has 0 bridgehead atoms. The van der Waals surface area contributed by atoms with Gasteiger partial charge in [-0.1, -0.05) is 23.7 Å². The average molecular weight is 351 g/mol. The zero-order valence-electron chi connectivity index (χ0n) is 14.7. The van der Waals surface area contributed by atoms with Crippen LogP contribution in [0.1, 0.15) is 36.8 Å². The molecule has 0 aliphatic carbocycles. The second-order valence-corrected chi connectivity index (χ2v) is 6.38.